The van der Waals surface area contributed by atoms with Crippen LogP contribution in [0.1, 0.15) is 33.6 Å². The molecule has 0 aliphatic carbocycles. The minimum atomic E-state index is -0.495. The molecule has 0 saturated carbocycles. The third kappa shape index (κ3) is 3.36. The van der Waals surface area contributed by atoms with Gasteiger partial charge in [-0.15, -0.1) is 0 Å². The molecule has 1 amide bonds. The van der Waals surface area contributed by atoms with E-state index in [4.69, 9.17) is 22.7 Å². The Hall–Kier alpha value is -0.880. The van der Waals surface area contributed by atoms with Gasteiger partial charge < -0.3 is 10.5 Å². The number of carbonyl (C=O) groups is 1. The fourth-order valence-corrected chi connectivity index (χ4v) is 2.98. The highest BCUT2D eigenvalue weighted by Crippen LogP contribution is 2.26. The second-order valence-electron chi connectivity index (χ2n) is 6.34. The zero-order valence-electron chi connectivity index (χ0n) is 11.9. The van der Waals surface area contributed by atoms with Gasteiger partial charge in [0.05, 0.1) is 11.0 Å². The molecule has 0 aromatic rings. The van der Waals surface area contributed by atoms with Crippen LogP contribution in [0.4, 0.5) is 4.79 Å². The van der Waals surface area contributed by atoms with Crippen LogP contribution in [0.2, 0.25) is 0 Å². The second kappa shape index (κ2) is 5.25. The van der Waals surface area contributed by atoms with Crippen LogP contribution in [0.5, 0.6) is 0 Å². The molecule has 108 valence electrons. The summed E-state index contributed by atoms with van der Waals surface area (Å²) in [6.07, 6.45) is 2.00. The summed E-state index contributed by atoms with van der Waals surface area (Å²) in [5.74, 6) is 0. The molecule has 0 radical (unpaired) electrons. The quantitative estimate of drug-likeness (QED) is 0.737. The van der Waals surface area contributed by atoms with E-state index in [0.29, 0.717) is 17.6 Å². The Bertz CT molecular complexity index is 381. The molecule has 5 nitrogen and oxygen atoms in total. The van der Waals surface area contributed by atoms with Crippen LogP contribution in [-0.4, -0.2) is 58.2 Å². The summed E-state index contributed by atoms with van der Waals surface area (Å²) in [5, 5.41) is 0. The molecule has 0 spiro atoms. The summed E-state index contributed by atoms with van der Waals surface area (Å²) in [7, 11) is 0. The maximum Gasteiger partial charge on any atom is 0.410 e. The third-order valence-electron chi connectivity index (χ3n) is 3.65. The third-order valence-corrected chi connectivity index (χ3v) is 3.92. The lowest BCUT2D eigenvalue weighted by Gasteiger charge is -2.43. The average Bonchev–Trinajstić information content (AvgIpc) is 2.71. The van der Waals surface area contributed by atoms with E-state index >= 15 is 0 Å². The van der Waals surface area contributed by atoms with Gasteiger partial charge in [-0.3, -0.25) is 9.80 Å². The minimum Gasteiger partial charge on any atom is -0.444 e. The van der Waals surface area contributed by atoms with Crippen molar-refractivity contribution in [1.82, 2.24) is 9.80 Å². The molecule has 2 N–H and O–H groups in total. The molecule has 0 aromatic heterocycles. The van der Waals surface area contributed by atoms with Crippen LogP contribution in [0, 0.1) is 0 Å². The zero-order valence-corrected chi connectivity index (χ0v) is 12.7. The van der Waals surface area contributed by atoms with Crippen LogP contribution in [0.15, 0.2) is 0 Å². The van der Waals surface area contributed by atoms with Gasteiger partial charge in [0.2, 0.25) is 0 Å². The maximum absolute atomic E-state index is 12.3. The topological polar surface area (TPSA) is 58.8 Å². The summed E-state index contributed by atoms with van der Waals surface area (Å²) < 4.78 is 5.46. The van der Waals surface area contributed by atoms with Gasteiger partial charge in [-0.1, -0.05) is 12.2 Å². The van der Waals surface area contributed by atoms with Crippen molar-refractivity contribution in [2.45, 2.75) is 51.3 Å². The molecule has 2 heterocycles. The van der Waals surface area contributed by atoms with E-state index in [0.717, 1.165) is 19.5 Å². The van der Waals surface area contributed by atoms with Crippen molar-refractivity contribution in [1.29, 1.82) is 0 Å². The number of amides is 1. The molecule has 2 aliphatic heterocycles. The standard InChI is InChI=1S/C13H23N3O2S/c1-13(2,3)18-12(17)16-7-9-5-4-6-15(9)8-10(16)11(14)19/h9-10H,4-8H2,1-3H3,(H2,14,19)/t9-,10+/m1/s1. The van der Waals surface area contributed by atoms with Crippen molar-refractivity contribution in [2.24, 2.45) is 5.73 Å². The van der Waals surface area contributed by atoms with Crippen LogP contribution in [0.3, 0.4) is 0 Å². The Kier molecular flexibility index (Phi) is 4.01. The minimum absolute atomic E-state index is 0.209. The first-order chi connectivity index (χ1) is 8.78. The summed E-state index contributed by atoms with van der Waals surface area (Å²) in [6, 6.07) is 0.220. The first-order valence-electron chi connectivity index (χ1n) is 6.81. The summed E-state index contributed by atoms with van der Waals surface area (Å²) >= 11 is 5.11. The average molecular weight is 285 g/mol. The highest BCUT2D eigenvalue weighted by Gasteiger charge is 2.41. The number of fused-ring (bicyclic) bond motifs is 1. The number of piperazine rings is 1. The van der Waals surface area contributed by atoms with Gasteiger partial charge in [0.25, 0.3) is 0 Å². The van der Waals surface area contributed by atoms with E-state index in [1.54, 1.807) is 4.90 Å². The summed E-state index contributed by atoms with van der Waals surface area (Å²) in [5.41, 5.74) is 5.30. The fraction of sp³-hybridized carbons (Fsp3) is 0.846. The van der Waals surface area contributed by atoms with E-state index < -0.39 is 5.60 Å². The van der Waals surface area contributed by atoms with Gasteiger partial charge >= 0.3 is 6.09 Å². The van der Waals surface area contributed by atoms with Crippen LogP contribution < -0.4 is 5.73 Å². The Morgan fingerprint density at radius 1 is 1.37 bits per heavy atom. The monoisotopic (exact) mass is 285 g/mol. The number of ether oxygens (including phenoxy) is 1. The van der Waals surface area contributed by atoms with Crippen molar-refractivity contribution in [3.8, 4) is 0 Å². The number of hydrogen-bond donors (Lipinski definition) is 1. The van der Waals surface area contributed by atoms with Crippen molar-refractivity contribution in [2.75, 3.05) is 19.6 Å². The van der Waals surface area contributed by atoms with Crippen LogP contribution >= 0.6 is 12.2 Å². The largest absolute Gasteiger partial charge is 0.444 e. The Morgan fingerprint density at radius 3 is 2.63 bits per heavy atom. The first kappa shape index (κ1) is 14.5. The van der Waals surface area contributed by atoms with E-state index in [1.165, 1.54) is 6.42 Å². The van der Waals surface area contributed by atoms with Gasteiger partial charge in [0.1, 0.15) is 5.60 Å². The van der Waals surface area contributed by atoms with Gasteiger partial charge in [-0.25, -0.2) is 4.79 Å². The molecule has 0 aromatic carbocycles. The molecule has 19 heavy (non-hydrogen) atoms. The highest BCUT2D eigenvalue weighted by molar-refractivity contribution is 7.80. The van der Waals surface area contributed by atoms with Crippen LogP contribution in [-0.2, 0) is 4.74 Å². The Morgan fingerprint density at radius 2 is 2.05 bits per heavy atom. The Labute approximate surface area is 120 Å². The van der Waals surface area contributed by atoms with E-state index in [9.17, 15) is 4.79 Å². The normalized spacial score (nSPS) is 28.1. The summed E-state index contributed by atoms with van der Waals surface area (Å²) in [4.78, 5) is 16.7. The lowest BCUT2D eigenvalue weighted by molar-refractivity contribution is 0.00185. The molecule has 2 aliphatic rings. The SMILES string of the molecule is CC(C)(C)OC(=O)N1C[C@H]2CCCN2C[C@H]1C(N)=S. The number of thiocarbonyl (C=S) groups is 1. The second-order valence-corrected chi connectivity index (χ2v) is 6.81. The molecule has 6 heteroatoms. The van der Waals surface area contributed by atoms with E-state index in [2.05, 4.69) is 4.90 Å². The molecule has 2 saturated heterocycles. The Balaban J connectivity index is 2.11. The lowest BCUT2D eigenvalue weighted by atomic mass is 10.1. The molecule has 2 rings (SSSR count). The predicted molar refractivity (Wildman–Crippen MR) is 78.1 cm³/mol. The molecular weight excluding hydrogens is 262 g/mol. The number of hydrogen-bond acceptors (Lipinski definition) is 4. The van der Waals surface area contributed by atoms with Gasteiger partial charge in [-0.05, 0) is 40.2 Å². The number of carbonyl (C=O) groups excluding carboxylic acids is 1. The number of nitrogens with zero attached hydrogens (tertiary/aromatic N) is 2. The molecular formula is C13H23N3O2S. The van der Waals surface area contributed by atoms with Crippen LogP contribution in [0.25, 0.3) is 0 Å². The molecule has 2 fully saturated rings. The van der Waals surface area contributed by atoms with E-state index in [1.807, 2.05) is 20.8 Å². The number of rotatable bonds is 1. The smallest absolute Gasteiger partial charge is 0.410 e. The lowest BCUT2D eigenvalue weighted by Crippen LogP contribution is -2.62. The van der Waals surface area contributed by atoms with Gasteiger partial charge in [-0.2, -0.15) is 0 Å². The summed E-state index contributed by atoms with van der Waals surface area (Å²) in [6.45, 7) is 8.08. The predicted octanol–water partition coefficient (Wildman–Crippen LogP) is 1.36. The van der Waals surface area contributed by atoms with Crippen molar-refractivity contribution in [3.63, 3.8) is 0 Å². The zero-order chi connectivity index (χ0) is 14.2. The highest BCUT2D eigenvalue weighted by atomic mass is 32.1. The molecule has 0 unspecified atom stereocenters. The van der Waals surface area contributed by atoms with Crippen molar-refractivity contribution < 1.29 is 9.53 Å². The maximum atomic E-state index is 12.3. The van der Waals surface area contributed by atoms with Crippen molar-refractivity contribution >= 4 is 23.3 Å². The first-order valence-corrected chi connectivity index (χ1v) is 7.22. The van der Waals surface area contributed by atoms with E-state index in [-0.39, 0.29) is 12.1 Å². The van der Waals surface area contributed by atoms with Crippen molar-refractivity contribution in [3.05, 3.63) is 0 Å². The van der Waals surface area contributed by atoms with Gasteiger partial charge in [0, 0.05) is 19.1 Å². The fourth-order valence-electron chi connectivity index (χ4n) is 2.78. The van der Waals surface area contributed by atoms with Gasteiger partial charge in [0.15, 0.2) is 0 Å². The molecule has 0 bridgehead atoms. The number of nitrogens with two attached hydrogens (primary N) is 1. The molecule has 2 atom stereocenters.